The van der Waals surface area contributed by atoms with Crippen LogP contribution in [-0.2, 0) is 0 Å². The van der Waals surface area contributed by atoms with Crippen molar-refractivity contribution in [1.82, 2.24) is 4.98 Å². The average Bonchev–Trinajstić information content (AvgIpc) is 2.37. The monoisotopic (exact) mass is 253 g/mol. The van der Waals surface area contributed by atoms with E-state index in [1.54, 1.807) is 6.20 Å². The normalized spacial score (nSPS) is 12.2. The fourth-order valence-corrected chi connectivity index (χ4v) is 2.55. The predicted octanol–water partition coefficient (Wildman–Crippen LogP) is 3.99. The van der Waals surface area contributed by atoms with Crippen molar-refractivity contribution in [2.45, 2.75) is 33.6 Å². The number of benzene rings is 1. The number of Topliss-reactive ketones (excluding diaryl/α,β-unsaturated/α-hetero) is 1. The van der Waals surface area contributed by atoms with Crippen LogP contribution in [0.15, 0.2) is 36.5 Å². The van der Waals surface area contributed by atoms with Gasteiger partial charge in [0.1, 0.15) is 0 Å². The lowest BCUT2D eigenvalue weighted by Gasteiger charge is -2.15. The predicted molar refractivity (Wildman–Crippen MR) is 77.6 cm³/mol. The summed E-state index contributed by atoms with van der Waals surface area (Å²) in [4.78, 5) is 16.9. The molecule has 0 aliphatic carbocycles. The van der Waals surface area contributed by atoms with E-state index in [1.807, 2.05) is 39.0 Å². The molecule has 0 saturated heterocycles. The topological polar surface area (TPSA) is 30.0 Å². The van der Waals surface area contributed by atoms with Crippen LogP contribution in [0.3, 0.4) is 0 Å². The van der Waals surface area contributed by atoms with Gasteiger partial charge in [0.15, 0.2) is 5.78 Å². The van der Waals surface area contributed by atoms with Crippen molar-refractivity contribution in [1.29, 1.82) is 0 Å². The van der Waals surface area contributed by atoms with Crippen LogP contribution in [0, 0.1) is 20.8 Å². The second kappa shape index (κ2) is 5.35. The lowest BCUT2D eigenvalue weighted by molar-refractivity contribution is 0.0963. The van der Waals surface area contributed by atoms with Crippen LogP contribution in [0.2, 0.25) is 0 Å². The van der Waals surface area contributed by atoms with Crippen molar-refractivity contribution >= 4 is 5.78 Å². The van der Waals surface area contributed by atoms with Crippen molar-refractivity contribution < 1.29 is 4.79 Å². The number of aryl methyl sites for hydroxylation is 3. The molecule has 0 saturated carbocycles. The second-order valence-corrected chi connectivity index (χ2v) is 5.11. The molecule has 0 fully saturated rings. The highest BCUT2D eigenvalue weighted by molar-refractivity contribution is 6.02. The van der Waals surface area contributed by atoms with Crippen molar-refractivity contribution in [3.8, 4) is 0 Å². The van der Waals surface area contributed by atoms with Gasteiger partial charge in [-0.05, 0) is 51.0 Å². The number of pyridine rings is 1. The number of hydrogen-bond donors (Lipinski definition) is 0. The molecular weight excluding hydrogens is 234 g/mol. The Hall–Kier alpha value is -1.96. The van der Waals surface area contributed by atoms with E-state index in [0.717, 1.165) is 22.4 Å². The van der Waals surface area contributed by atoms with E-state index in [4.69, 9.17) is 0 Å². The standard InChI is InChI=1S/C17H19NO/c1-11-9-12(2)16(13(3)10-11)17(19)14(4)15-7-5-6-8-18-15/h5-10,14H,1-4H3. The molecule has 0 radical (unpaired) electrons. The molecule has 0 N–H and O–H groups in total. The van der Waals surface area contributed by atoms with Crippen LogP contribution in [0.25, 0.3) is 0 Å². The minimum atomic E-state index is -0.207. The molecule has 1 aromatic carbocycles. The number of aromatic nitrogens is 1. The minimum Gasteiger partial charge on any atom is -0.293 e. The first-order valence-corrected chi connectivity index (χ1v) is 6.53. The van der Waals surface area contributed by atoms with E-state index in [0.29, 0.717) is 0 Å². The zero-order chi connectivity index (χ0) is 14.0. The Labute approximate surface area is 114 Å². The summed E-state index contributed by atoms with van der Waals surface area (Å²) in [5, 5.41) is 0. The lowest BCUT2D eigenvalue weighted by atomic mass is 9.89. The highest BCUT2D eigenvalue weighted by Gasteiger charge is 2.21. The summed E-state index contributed by atoms with van der Waals surface area (Å²) in [6, 6.07) is 9.81. The average molecular weight is 253 g/mol. The Morgan fingerprint density at radius 1 is 1.11 bits per heavy atom. The van der Waals surface area contributed by atoms with E-state index in [2.05, 4.69) is 24.0 Å². The number of carbonyl (C=O) groups excluding carboxylic acids is 1. The molecule has 1 unspecified atom stereocenters. The molecule has 2 heteroatoms. The summed E-state index contributed by atoms with van der Waals surface area (Å²) in [7, 11) is 0. The van der Waals surface area contributed by atoms with E-state index >= 15 is 0 Å². The molecule has 0 spiro atoms. The van der Waals surface area contributed by atoms with Crippen LogP contribution in [0.4, 0.5) is 0 Å². The van der Waals surface area contributed by atoms with Crippen molar-refractivity contribution in [2.24, 2.45) is 0 Å². The van der Waals surface area contributed by atoms with Gasteiger partial charge < -0.3 is 0 Å². The van der Waals surface area contributed by atoms with Crippen LogP contribution in [-0.4, -0.2) is 10.8 Å². The van der Waals surface area contributed by atoms with Crippen LogP contribution < -0.4 is 0 Å². The molecule has 2 aromatic rings. The fourth-order valence-electron chi connectivity index (χ4n) is 2.55. The number of ketones is 1. The minimum absolute atomic E-state index is 0.147. The maximum atomic E-state index is 12.7. The van der Waals surface area contributed by atoms with Gasteiger partial charge in [-0.3, -0.25) is 9.78 Å². The van der Waals surface area contributed by atoms with Crippen LogP contribution >= 0.6 is 0 Å². The van der Waals surface area contributed by atoms with E-state index in [-0.39, 0.29) is 11.7 Å². The molecule has 0 aliphatic heterocycles. The lowest BCUT2D eigenvalue weighted by Crippen LogP contribution is -2.14. The molecule has 1 atom stereocenters. The summed E-state index contributed by atoms with van der Waals surface area (Å²) in [5.74, 6) is -0.0602. The summed E-state index contributed by atoms with van der Waals surface area (Å²) < 4.78 is 0. The first-order chi connectivity index (χ1) is 9.00. The highest BCUT2D eigenvalue weighted by Crippen LogP contribution is 2.24. The van der Waals surface area contributed by atoms with Crippen molar-refractivity contribution in [2.75, 3.05) is 0 Å². The van der Waals surface area contributed by atoms with Crippen molar-refractivity contribution in [3.63, 3.8) is 0 Å². The van der Waals surface area contributed by atoms with Crippen molar-refractivity contribution in [3.05, 3.63) is 64.5 Å². The number of carbonyl (C=O) groups is 1. The van der Waals surface area contributed by atoms with Gasteiger partial charge in [-0.2, -0.15) is 0 Å². The fraction of sp³-hybridized carbons (Fsp3) is 0.294. The molecular formula is C17H19NO. The van der Waals surface area contributed by atoms with Gasteiger partial charge in [0.25, 0.3) is 0 Å². The molecule has 19 heavy (non-hydrogen) atoms. The first kappa shape index (κ1) is 13.5. The molecule has 0 aliphatic rings. The highest BCUT2D eigenvalue weighted by atomic mass is 16.1. The van der Waals surface area contributed by atoms with Gasteiger partial charge in [-0.1, -0.05) is 23.8 Å². The molecule has 2 nitrogen and oxygen atoms in total. The van der Waals surface area contributed by atoms with E-state index in [9.17, 15) is 4.79 Å². The first-order valence-electron chi connectivity index (χ1n) is 6.53. The Kier molecular flexibility index (Phi) is 3.79. The summed E-state index contributed by atoms with van der Waals surface area (Å²) in [5.41, 5.74) is 4.95. The summed E-state index contributed by atoms with van der Waals surface area (Å²) >= 11 is 0. The smallest absolute Gasteiger partial charge is 0.172 e. The Morgan fingerprint density at radius 3 is 2.26 bits per heavy atom. The van der Waals surface area contributed by atoms with Gasteiger partial charge in [0, 0.05) is 11.8 Å². The summed E-state index contributed by atoms with van der Waals surface area (Å²) in [6.07, 6.45) is 1.73. The Bertz CT molecular complexity index is 579. The zero-order valence-corrected chi connectivity index (χ0v) is 11.9. The van der Waals surface area contributed by atoms with Gasteiger partial charge in [0.05, 0.1) is 11.6 Å². The Morgan fingerprint density at radius 2 is 1.74 bits per heavy atom. The summed E-state index contributed by atoms with van der Waals surface area (Å²) in [6.45, 7) is 7.97. The van der Waals surface area contributed by atoms with Crippen LogP contribution in [0.5, 0.6) is 0 Å². The van der Waals surface area contributed by atoms with Crippen LogP contribution in [0.1, 0.15) is 45.6 Å². The zero-order valence-electron chi connectivity index (χ0n) is 11.9. The SMILES string of the molecule is Cc1cc(C)c(C(=O)C(C)c2ccccn2)c(C)c1. The number of nitrogens with zero attached hydrogens (tertiary/aromatic N) is 1. The molecule has 2 rings (SSSR count). The third-order valence-electron chi connectivity index (χ3n) is 3.45. The molecule has 98 valence electrons. The third kappa shape index (κ3) is 2.73. The maximum absolute atomic E-state index is 12.7. The maximum Gasteiger partial charge on any atom is 0.172 e. The molecule has 0 bridgehead atoms. The van der Waals surface area contributed by atoms with E-state index in [1.165, 1.54) is 5.56 Å². The largest absolute Gasteiger partial charge is 0.293 e. The number of hydrogen-bond acceptors (Lipinski definition) is 2. The second-order valence-electron chi connectivity index (χ2n) is 5.11. The van der Waals surface area contributed by atoms with Gasteiger partial charge in [-0.15, -0.1) is 0 Å². The molecule has 0 amide bonds. The third-order valence-corrected chi connectivity index (χ3v) is 3.45. The number of rotatable bonds is 3. The van der Waals surface area contributed by atoms with E-state index < -0.39 is 0 Å². The van der Waals surface area contributed by atoms with Gasteiger partial charge in [0.2, 0.25) is 0 Å². The molecule has 1 aromatic heterocycles. The molecule has 1 heterocycles. The Balaban J connectivity index is 2.40. The van der Waals surface area contributed by atoms with Gasteiger partial charge >= 0.3 is 0 Å². The van der Waals surface area contributed by atoms with Gasteiger partial charge in [-0.25, -0.2) is 0 Å². The quantitative estimate of drug-likeness (QED) is 0.774.